The van der Waals surface area contributed by atoms with Crippen molar-refractivity contribution in [2.75, 3.05) is 13.1 Å². The van der Waals surface area contributed by atoms with Crippen LogP contribution < -0.4 is 0 Å². The van der Waals surface area contributed by atoms with E-state index < -0.39 is 0 Å². The van der Waals surface area contributed by atoms with Crippen LogP contribution in [0.15, 0.2) is 0 Å². The second-order valence-electron chi connectivity index (χ2n) is 6.69. The Kier molecular flexibility index (Phi) is 7.18. The van der Waals surface area contributed by atoms with Gasteiger partial charge >= 0.3 is 0 Å². The summed E-state index contributed by atoms with van der Waals surface area (Å²) >= 11 is 0. The van der Waals surface area contributed by atoms with Crippen molar-refractivity contribution in [3.8, 4) is 0 Å². The Morgan fingerprint density at radius 3 is 1.71 bits per heavy atom. The van der Waals surface area contributed by atoms with Crippen LogP contribution in [0, 0.1) is 11.8 Å². The summed E-state index contributed by atoms with van der Waals surface area (Å²) in [6.07, 6.45) is 10.0. The monoisotopic (exact) mass is 239 g/mol. The van der Waals surface area contributed by atoms with Gasteiger partial charge in [-0.2, -0.15) is 0 Å². The van der Waals surface area contributed by atoms with Crippen LogP contribution in [-0.4, -0.2) is 24.0 Å². The Morgan fingerprint density at radius 2 is 1.29 bits per heavy atom. The molecule has 1 aliphatic carbocycles. The highest BCUT2D eigenvalue weighted by Crippen LogP contribution is 2.24. The molecule has 0 saturated heterocycles. The largest absolute Gasteiger partial charge is 0.300 e. The molecule has 102 valence electrons. The molecule has 1 heteroatoms. The molecule has 0 amide bonds. The Hall–Kier alpha value is -0.0400. The van der Waals surface area contributed by atoms with Gasteiger partial charge in [-0.1, -0.05) is 47.0 Å². The summed E-state index contributed by atoms with van der Waals surface area (Å²) in [5.41, 5.74) is 0. The van der Waals surface area contributed by atoms with Gasteiger partial charge in [0.15, 0.2) is 0 Å². The summed E-state index contributed by atoms with van der Waals surface area (Å²) in [4.78, 5) is 2.80. The standard InChI is InChI=1S/C16H33N/c1-14(2)10-12-17(13-11-15(3)4)16-8-6-5-7-9-16/h14-16H,5-13H2,1-4H3. The average molecular weight is 239 g/mol. The summed E-state index contributed by atoms with van der Waals surface area (Å²) in [6.45, 7) is 12.1. The summed E-state index contributed by atoms with van der Waals surface area (Å²) in [5, 5.41) is 0. The van der Waals surface area contributed by atoms with Crippen LogP contribution in [0.25, 0.3) is 0 Å². The molecule has 17 heavy (non-hydrogen) atoms. The van der Waals surface area contributed by atoms with Gasteiger partial charge in [0.25, 0.3) is 0 Å². The van der Waals surface area contributed by atoms with E-state index in [-0.39, 0.29) is 0 Å². The van der Waals surface area contributed by atoms with Gasteiger partial charge in [0.2, 0.25) is 0 Å². The zero-order valence-electron chi connectivity index (χ0n) is 12.5. The van der Waals surface area contributed by atoms with E-state index >= 15 is 0 Å². The van der Waals surface area contributed by atoms with Crippen LogP contribution in [-0.2, 0) is 0 Å². The van der Waals surface area contributed by atoms with Gasteiger partial charge in [-0.25, -0.2) is 0 Å². The summed E-state index contributed by atoms with van der Waals surface area (Å²) in [7, 11) is 0. The lowest BCUT2D eigenvalue weighted by Crippen LogP contribution is -2.39. The van der Waals surface area contributed by atoms with E-state index in [9.17, 15) is 0 Å². The van der Waals surface area contributed by atoms with Crippen molar-refractivity contribution in [1.82, 2.24) is 4.90 Å². The van der Waals surface area contributed by atoms with Crippen LogP contribution in [0.1, 0.15) is 72.6 Å². The van der Waals surface area contributed by atoms with Crippen molar-refractivity contribution in [3.05, 3.63) is 0 Å². The molecular weight excluding hydrogens is 206 g/mol. The van der Waals surface area contributed by atoms with Gasteiger partial charge in [0.1, 0.15) is 0 Å². The van der Waals surface area contributed by atoms with Gasteiger partial charge < -0.3 is 4.90 Å². The van der Waals surface area contributed by atoms with E-state index in [1.54, 1.807) is 0 Å². The van der Waals surface area contributed by atoms with Crippen molar-refractivity contribution in [2.24, 2.45) is 11.8 Å². The Labute approximate surface area is 109 Å². The Balaban J connectivity index is 2.38. The lowest BCUT2D eigenvalue weighted by Gasteiger charge is -2.35. The first kappa shape index (κ1) is 15.0. The fourth-order valence-electron chi connectivity index (χ4n) is 2.77. The fourth-order valence-corrected chi connectivity index (χ4v) is 2.77. The van der Waals surface area contributed by atoms with Crippen LogP contribution in [0.4, 0.5) is 0 Å². The maximum atomic E-state index is 2.80. The predicted molar refractivity (Wildman–Crippen MR) is 77.4 cm³/mol. The maximum absolute atomic E-state index is 2.80. The molecule has 1 nitrogen and oxygen atoms in total. The molecule has 1 fully saturated rings. The van der Waals surface area contributed by atoms with Gasteiger partial charge in [0, 0.05) is 6.04 Å². The lowest BCUT2D eigenvalue weighted by molar-refractivity contribution is 0.141. The second kappa shape index (κ2) is 8.13. The topological polar surface area (TPSA) is 3.24 Å². The molecule has 0 unspecified atom stereocenters. The van der Waals surface area contributed by atoms with E-state index in [1.165, 1.54) is 58.0 Å². The molecule has 1 saturated carbocycles. The molecular formula is C16H33N. The molecule has 0 aliphatic heterocycles. The number of hydrogen-bond donors (Lipinski definition) is 0. The highest BCUT2D eigenvalue weighted by molar-refractivity contribution is 4.76. The summed E-state index contributed by atoms with van der Waals surface area (Å²) < 4.78 is 0. The summed E-state index contributed by atoms with van der Waals surface area (Å²) in [6, 6.07) is 0.904. The number of rotatable bonds is 7. The van der Waals surface area contributed by atoms with Crippen LogP contribution in [0.2, 0.25) is 0 Å². The normalized spacial score (nSPS) is 18.5. The SMILES string of the molecule is CC(C)CCN(CCC(C)C)C1CCCCC1. The van der Waals surface area contributed by atoms with Gasteiger partial charge in [0.05, 0.1) is 0 Å². The van der Waals surface area contributed by atoms with E-state index in [1.807, 2.05) is 0 Å². The lowest BCUT2D eigenvalue weighted by atomic mass is 9.93. The minimum atomic E-state index is 0.847. The first-order chi connectivity index (χ1) is 8.09. The molecule has 0 N–H and O–H groups in total. The first-order valence-electron chi connectivity index (χ1n) is 7.83. The zero-order valence-corrected chi connectivity index (χ0v) is 12.5. The maximum Gasteiger partial charge on any atom is 0.00952 e. The number of hydrogen-bond acceptors (Lipinski definition) is 1. The minimum Gasteiger partial charge on any atom is -0.300 e. The fraction of sp³-hybridized carbons (Fsp3) is 1.00. The smallest absolute Gasteiger partial charge is 0.00952 e. The highest BCUT2D eigenvalue weighted by atomic mass is 15.1. The van der Waals surface area contributed by atoms with Crippen LogP contribution in [0.3, 0.4) is 0 Å². The average Bonchev–Trinajstić information content (AvgIpc) is 2.29. The molecule has 0 atom stereocenters. The van der Waals surface area contributed by atoms with Crippen LogP contribution >= 0.6 is 0 Å². The van der Waals surface area contributed by atoms with Gasteiger partial charge in [-0.3, -0.25) is 0 Å². The molecule has 0 spiro atoms. The second-order valence-corrected chi connectivity index (χ2v) is 6.69. The molecule has 0 aromatic heterocycles. The van der Waals surface area contributed by atoms with Crippen molar-refractivity contribution < 1.29 is 0 Å². The third-order valence-corrected chi connectivity index (χ3v) is 4.08. The van der Waals surface area contributed by atoms with Crippen molar-refractivity contribution in [2.45, 2.75) is 78.7 Å². The Morgan fingerprint density at radius 1 is 0.824 bits per heavy atom. The molecule has 0 aromatic carbocycles. The quantitative estimate of drug-likeness (QED) is 0.622. The molecule has 0 heterocycles. The molecule has 1 rings (SSSR count). The van der Waals surface area contributed by atoms with Crippen molar-refractivity contribution >= 4 is 0 Å². The van der Waals surface area contributed by atoms with Crippen LogP contribution in [0.5, 0.6) is 0 Å². The van der Waals surface area contributed by atoms with E-state index in [0.29, 0.717) is 0 Å². The third-order valence-electron chi connectivity index (χ3n) is 4.08. The molecule has 0 aromatic rings. The Bertz CT molecular complexity index is 168. The molecule has 0 bridgehead atoms. The van der Waals surface area contributed by atoms with Gasteiger partial charge in [-0.15, -0.1) is 0 Å². The van der Waals surface area contributed by atoms with Crippen molar-refractivity contribution in [3.63, 3.8) is 0 Å². The van der Waals surface area contributed by atoms with Gasteiger partial charge in [-0.05, 0) is 50.6 Å². The summed E-state index contributed by atoms with van der Waals surface area (Å²) in [5.74, 6) is 1.69. The predicted octanol–water partition coefficient (Wildman–Crippen LogP) is 4.71. The van der Waals surface area contributed by atoms with E-state index in [2.05, 4.69) is 32.6 Å². The highest BCUT2D eigenvalue weighted by Gasteiger charge is 2.20. The first-order valence-corrected chi connectivity index (χ1v) is 7.83. The zero-order chi connectivity index (χ0) is 12.7. The van der Waals surface area contributed by atoms with E-state index in [4.69, 9.17) is 0 Å². The van der Waals surface area contributed by atoms with E-state index in [0.717, 1.165) is 17.9 Å². The minimum absolute atomic E-state index is 0.847. The van der Waals surface area contributed by atoms with Crippen molar-refractivity contribution in [1.29, 1.82) is 0 Å². The molecule has 1 aliphatic rings. The molecule has 0 radical (unpaired) electrons. The number of nitrogens with zero attached hydrogens (tertiary/aromatic N) is 1. The third kappa shape index (κ3) is 6.45.